The smallest absolute Gasteiger partial charge is 0.197 e. The maximum absolute atomic E-state index is 13.5. The average molecular weight is 296 g/mol. The normalized spacial score (nSPS) is 13.4. The van der Waals surface area contributed by atoms with E-state index in [0.717, 1.165) is 11.1 Å². The molecule has 0 saturated heterocycles. The molecule has 1 aromatic rings. The van der Waals surface area contributed by atoms with E-state index in [1.807, 2.05) is 13.0 Å². The Hall–Kier alpha value is -1.01. The van der Waals surface area contributed by atoms with Gasteiger partial charge in [0.15, 0.2) is 0 Å². The molecule has 0 aliphatic rings. The summed E-state index contributed by atoms with van der Waals surface area (Å²) in [7, 11) is 1.61. The van der Waals surface area contributed by atoms with E-state index in [1.54, 1.807) is 27.4 Å². The molecule has 0 saturated carbocycles. The summed E-state index contributed by atoms with van der Waals surface area (Å²) >= 11 is 0. The van der Waals surface area contributed by atoms with Gasteiger partial charge in [0, 0.05) is 5.56 Å². The lowest BCUT2D eigenvalue weighted by Crippen LogP contribution is -2.09. The van der Waals surface area contributed by atoms with Gasteiger partial charge in [-0.15, -0.1) is 0 Å². The maximum Gasteiger partial charge on any atom is 0.284 e. The Morgan fingerprint density at radius 3 is 2.30 bits per heavy atom. The van der Waals surface area contributed by atoms with Gasteiger partial charge in [0.25, 0.3) is 5.66 Å². The minimum atomic E-state index is -2.89. The van der Waals surface area contributed by atoms with Crippen molar-refractivity contribution in [3.8, 4) is 0 Å². The molecule has 1 rings (SSSR count). The molecule has 0 nitrogen and oxygen atoms in total. The highest BCUT2D eigenvalue weighted by Crippen LogP contribution is 2.37. The fraction of sp³-hybridized carbons (Fsp3) is 0.412. The summed E-state index contributed by atoms with van der Waals surface area (Å²) in [6.45, 7) is 12.3. The highest BCUT2D eigenvalue weighted by Gasteiger charge is 2.27. The van der Waals surface area contributed by atoms with Crippen molar-refractivity contribution in [1.29, 1.82) is 0 Å². The lowest BCUT2D eigenvalue weighted by atomic mass is 9.86. The van der Waals surface area contributed by atoms with Gasteiger partial charge in [0.05, 0.1) is 0 Å². The molecular weight excluding hydrogens is 273 g/mol. The van der Waals surface area contributed by atoms with Crippen LogP contribution in [-0.4, -0.2) is 0 Å². The Labute approximate surface area is 123 Å². The molecule has 0 fully saturated rings. The Morgan fingerprint density at radius 1 is 1.25 bits per heavy atom. The molecule has 0 amide bonds. The summed E-state index contributed by atoms with van der Waals surface area (Å²) in [6, 6.07) is 6.67. The largest absolute Gasteiger partial charge is 0.284 e. The number of hydrogen-bond acceptors (Lipinski definition) is 0. The van der Waals surface area contributed by atoms with Crippen LogP contribution in [0.3, 0.4) is 0 Å². The molecule has 3 heteroatoms. The van der Waals surface area contributed by atoms with E-state index in [0.29, 0.717) is 12.0 Å². The number of alkyl halides is 2. The second-order valence-electron chi connectivity index (χ2n) is 6.22. The summed E-state index contributed by atoms with van der Waals surface area (Å²) in [5, 5.41) is 0. The molecule has 1 aromatic carbocycles. The molecule has 1 atom stereocenters. The van der Waals surface area contributed by atoms with Gasteiger partial charge in [0.2, 0.25) is 0 Å². The van der Waals surface area contributed by atoms with E-state index >= 15 is 0 Å². The van der Waals surface area contributed by atoms with Crippen LogP contribution >= 0.6 is 9.24 Å². The molecule has 0 spiro atoms. The third-order valence-electron chi connectivity index (χ3n) is 3.23. The van der Waals surface area contributed by atoms with Gasteiger partial charge in [-0.2, -0.15) is 8.78 Å². The zero-order chi connectivity index (χ0) is 15.6. The molecule has 20 heavy (non-hydrogen) atoms. The van der Waals surface area contributed by atoms with Crippen LogP contribution in [0.1, 0.15) is 38.8 Å². The molecule has 0 radical (unpaired) electrons. The van der Waals surface area contributed by atoms with Crippen molar-refractivity contribution in [3.63, 3.8) is 0 Å². The molecule has 0 bridgehead atoms. The summed E-state index contributed by atoms with van der Waals surface area (Å²) < 4.78 is 27.1. The quantitative estimate of drug-likeness (QED) is 0.493. The third kappa shape index (κ3) is 4.83. The van der Waals surface area contributed by atoms with Gasteiger partial charge in [0.1, 0.15) is 0 Å². The van der Waals surface area contributed by atoms with Crippen LogP contribution in [-0.2, 0) is 12.1 Å². The van der Waals surface area contributed by atoms with E-state index in [-0.39, 0.29) is 11.0 Å². The minimum absolute atomic E-state index is 0.00861. The SMILES string of the molecule is C=C(/C=C(/C)Cc1ccccc1C(F)(F)P)C(C)(C)C. The summed E-state index contributed by atoms with van der Waals surface area (Å²) in [6.07, 6.45) is 2.51. The van der Waals surface area contributed by atoms with Crippen LogP contribution in [0, 0.1) is 5.41 Å². The first-order chi connectivity index (χ1) is 9.01. The predicted molar refractivity (Wildman–Crippen MR) is 86.1 cm³/mol. The maximum atomic E-state index is 13.5. The molecule has 0 aliphatic heterocycles. The van der Waals surface area contributed by atoms with Gasteiger partial charge in [-0.1, -0.05) is 72.5 Å². The standard InChI is InChI=1S/C17H23F2P/c1-12(10-13(2)16(3,4)5)11-14-8-6-7-9-15(14)17(18,19)20/h6-10H,2,11,20H2,1,3-5H3/b12-10-. The van der Waals surface area contributed by atoms with Crippen molar-refractivity contribution in [2.45, 2.75) is 39.8 Å². The number of rotatable bonds is 4. The highest BCUT2D eigenvalue weighted by molar-refractivity contribution is 7.17. The lowest BCUT2D eigenvalue weighted by Gasteiger charge is -2.20. The average Bonchev–Trinajstić information content (AvgIpc) is 2.26. The number of halogens is 2. The number of benzene rings is 1. The Kier molecular flexibility index (Phi) is 5.27. The Bertz CT molecular complexity index is 517. The molecular formula is C17H23F2P. The van der Waals surface area contributed by atoms with Crippen LogP contribution in [0.2, 0.25) is 0 Å². The van der Waals surface area contributed by atoms with Crippen molar-refractivity contribution in [1.82, 2.24) is 0 Å². The summed E-state index contributed by atoms with van der Waals surface area (Å²) in [4.78, 5) is 0. The first-order valence-electron chi connectivity index (χ1n) is 6.63. The van der Waals surface area contributed by atoms with Crippen molar-refractivity contribution in [3.05, 3.63) is 59.2 Å². The van der Waals surface area contributed by atoms with E-state index in [9.17, 15) is 8.78 Å². The Morgan fingerprint density at radius 2 is 1.80 bits per heavy atom. The summed E-state index contributed by atoms with van der Waals surface area (Å²) in [5.74, 6) is 0. The van der Waals surface area contributed by atoms with Crippen LogP contribution in [0.4, 0.5) is 8.78 Å². The molecule has 0 aromatic heterocycles. The van der Waals surface area contributed by atoms with Crippen LogP contribution in [0.5, 0.6) is 0 Å². The number of allylic oxidation sites excluding steroid dienone is 3. The molecule has 1 unspecified atom stereocenters. The van der Waals surface area contributed by atoms with Gasteiger partial charge in [-0.05, 0) is 29.9 Å². The van der Waals surface area contributed by atoms with Crippen molar-refractivity contribution in [2.75, 3.05) is 0 Å². The fourth-order valence-corrected chi connectivity index (χ4v) is 2.15. The molecule has 110 valence electrons. The second kappa shape index (κ2) is 6.18. The second-order valence-corrected chi connectivity index (χ2v) is 6.95. The van der Waals surface area contributed by atoms with Crippen molar-refractivity contribution >= 4 is 9.24 Å². The van der Waals surface area contributed by atoms with Gasteiger partial charge in [-0.25, -0.2) is 0 Å². The lowest BCUT2D eigenvalue weighted by molar-refractivity contribution is 0.103. The van der Waals surface area contributed by atoms with Crippen LogP contribution in [0.15, 0.2) is 48.1 Å². The fourth-order valence-electron chi connectivity index (χ4n) is 1.87. The highest BCUT2D eigenvalue weighted by atomic mass is 31.0. The van der Waals surface area contributed by atoms with Crippen molar-refractivity contribution in [2.24, 2.45) is 5.41 Å². The zero-order valence-electron chi connectivity index (χ0n) is 12.6. The van der Waals surface area contributed by atoms with Gasteiger partial charge in [-0.3, -0.25) is 0 Å². The van der Waals surface area contributed by atoms with E-state index < -0.39 is 5.66 Å². The Balaban J connectivity index is 3.01. The first kappa shape index (κ1) is 17.0. The topological polar surface area (TPSA) is 0 Å². The van der Waals surface area contributed by atoms with Gasteiger partial charge < -0.3 is 0 Å². The van der Waals surface area contributed by atoms with E-state index in [4.69, 9.17) is 0 Å². The van der Waals surface area contributed by atoms with Crippen LogP contribution in [0.25, 0.3) is 0 Å². The zero-order valence-corrected chi connectivity index (χ0v) is 13.8. The first-order valence-corrected chi connectivity index (χ1v) is 7.21. The van der Waals surface area contributed by atoms with E-state index in [2.05, 4.69) is 27.4 Å². The predicted octanol–water partition coefficient (Wildman–Crippen LogP) is 5.70. The van der Waals surface area contributed by atoms with E-state index in [1.165, 1.54) is 6.07 Å². The van der Waals surface area contributed by atoms with Gasteiger partial charge >= 0.3 is 0 Å². The summed E-state index contributed by atoms with van der Waals surface area (Å²) in [5.41, 5.74) is -0.137. The third-order valence-corrected chi connectivity index (χ3v) is 3.54. The molecule has 0 N–H and O–H groups in total. The monoisotopic (exact) mass is 296 g/mol. The molecule has 0 aliphatic carbocycles. The minimum Gasteiger partial charge on any atom is -0.197 e. The van der Waals surface area contributed by atoms with Crippen LogP contribution < -0.4 is 0 Å². The number of hydrogen-bond donors (Lipinski definition) is 0. The molecule has 0 heterocycles. The van der Waals surface area contributed by atoms with Crippen molar-refractivity contribution < 1.29 is 8.78 Å².